The molecule has 2 heterocycles. The third-order valence-corrected chi connectivity index (χ3v) is 5.12. The maximum atomic E-state index is 13.7. The van der Waals surface area contributed by atoms with Crippen LogP contribution < -0.4 is 10.1 Å². The lowest BCUT2D eigenvalue weighted by molar-refractivity contribution is -0.115. The molecule has 0 saturated heterocycles. The van der Waals surface area contributed by atoms with Crippen LogP contribution in [0.3, 0.4) is 0 Å². The standard InChI is InChI=1S/C21H18FN3O2S/c1-2-27-16-9-7-14(8-10-16)19-12-25-15(13-28-21(25)24-19)11-20(26)23-18-6-4-3-5-17(18)22/h3-10,12-13H,2,11H2,1H3,(H,23,26). The summed E-state index contributed by atoms with van der Waals surface area (Å²) in [5.41, 5.74) is 2.78. The van der Waals surface area contributed by atoms with Crippen LogP contribution in [0.15, 0.2) is 60.1 Å². The van der Waals surface area contributed by atoms with E-state index in [0.29, 0.717) is 6.61 Å². The number of para-hydroxylation sites is 1. The van der Waals surface area contributed by atoms with Gasteiger partial charge < -0.3 is 10.1 Å². The number of benzene rings is 2. The predicted molar refractivity (Wildman–Crippen MR) is 108 cm³/mol. The van der Waals surface area contributed by atoms with Crippen LogP contribution in [0.2, 0.25) is 0 Å². The summed E-state index contributed by atoms with van der Waals surface area (Å²) in [5, 5.41) is 4.51. The molecule has 2 aromatic carbocycles. The largest absolute Gasteiger partial charge is 0.494 e. The van der Waals surface area contributed by atoms with Gasteiger partial charge >= 0.3 is 0 Å². The molecular formula is C21H18FN3O2S. The summed E-state index contributed by atoms with van der Waals surface area (Å²) in [5.74, 6) is 0.0885. The lowest BCUT2D eigenvalue weighted by atomic mass is 10.1. The van der Waals surface area contributed by atoms with Crippen molar-refractivity contribution < 1.29 is 13.9 Å². The van der Waals surface area contributed by atoms with Gasteiger partial charge in [0, 0.05) is 22.8 Å². The van der Waals surface area contributed by atoms with Crippen LogP contribution >= 0.6 is 11.3 Å². The Morgan fingerprint density at radius 1 is 1.21 bits per heavy atom. The number of halogens is 1. The van der Waals surface area contributed by atoms with E-state index in [-0.39, 0.29) is 18.0 Å². The molecule has 4 rings (SSSR count). The monoisotopic (exact) mass is 395 g/mol. The van der Waals surface area contributed by atoms with E-state index in [1.807, 2.05) is 47.2 Å². The van der Waals surface area contributed by atoms with Gasteiger partial charge in [-0.2, -0.15) is 0 Å². The number of rotatable bonds is 6. The second kappa shape index (κ2) is 7.82. The van der Waals surface area contributed by atoms with Crippen molar-refractivity contribution in [2.75, 3.05) is 11.9 Å². The van der Waals surface area contributed by atoms with Crippen LogP contribution in [0, 0.1) is 5.82 Å². The zero-order valence-electron chi connectivity index (χ0n) is 15.2. The zero-order chi connectivity index (χ0) is 19.5. The van der Waals surface area contributed by atoms with E-state index in [1.54, 1.807) is 12.1 Å². The van der Waals surface area contributed by atoms with Crippen molar-refractivity contribution in [3.05, 3.63) is 71.6 Å². The zero-order valence-corrected chi connectivity index (χ0v) is 16.0. The maximum absolute atomic E-state index is 13.7. The van der Waals surface area contributed by atoms with E-state index in [2.05, 4.69) is 10.3 Å². The van der Waals surface area contributed by atoms with E-state index in [0.717, 1.165) is 27.7 Å². The highest BCUT2D eigenvalue weighted by Crippen LogP contribution is 2.26. The molecule has 1 N–H and O–H groups in total. The quantitative estimate of drug-likeness (QED) is 0.511. The van der Waals surface area contributed by atoms with Crippen molar-refractivity contribution >= 4 is 27.9 Å². The van der Waals surface area contributed by atoms with Crippen LogP contribution in [0.25, 0.3) is 16.2 Å². The van der Waals surface area contributed by atoms with Crippen LogP contribution in [0.4, 0.5) is 10.1 Å². The molecule has 0 unspecified atom stereocenters. The molecule has 0 bridgehead atoms. The fraction of sp³-hybridized carbons (Fsp3) is 0.143. The number of hydrogen-bond acceptors (Lipinski definition) is 4. The molecule has 0 atom stereocenters. The van der Waals surface area contributed by atoms with Crippen molar-refractivity contribution in [1.82, 2.24) is 9.38 Å². The van der Waals surface area contributed by atoms with Gasteiger partial charge in [-0.25, -0.2) is 9.37 Å². The van der Waals surface area contributed by atoms with Gasteiger partial charge in [-0.3, -0.25) is 9.20 Å². The lowest BCUT2D eigenvalue weighted by Crippen LogP contribution is -2.16. The van der Waals surface area contributed by atoms with Gasteiger partial charge in [0.1, 0.15) is 11.6 Å². The average molecular weight is 395 g/mol. The number of fused-ring (bicyclic) bond motifs is 1. The van der Waals surface area contributed by atoms with Crippen molar-refractivity contribution in [1.29, 1.82) is 0 Å². The topological polar surface area (TPSA) is 55.6 Å². The van der Waals surface area contributed by atoms with E-state index < -0.39 is 5.82 Å². The Kier molecular flexibility index (Phi) is 5.08. The highest BCUT2D eigenvalue weighted by Gasteiger charge is 2.14. The number of nitrogens with one attached hydrogen (secondary N) is 1. The van der Waals surface area contributed by atoms with E-state index >= 15 is 0 Å². The molecule has 7 heteroatoms. The number of imidazole rings is 1. The fourth-order valence-electron chi connectivity index (χ4n) is 2.91. The average Bonchev–Trinajstić information content (AvgIpc) is 3.27. The number of thiazole rings is 1. The number of carbonyl (C=O) groups excluding carboxylic acids is 1. The van der Waals surface area contributed by atoms with Gasteiger partial charge in [0.2, 0.25) is 5.91 Å². The number of amides is 1. The first-order valence-electron chi connectivity index (χ1n) is 8.87. The van der Waals surface area contributed by atoms with E-state index in [1.165, 1.54) is 23.5 Å². The van der Waals surface area contributed by atoms with Gasteiger partial charge in [-0.05, 0) is 43.3 Å². The molecule has 0 spiro atoms. The second-order valence-electron chi connectivity index (χ2n) is 6.17. The second-order valence-corrected chi connectivity index (χ2v) is 7.00. The minimum Gasteiger partial charge on any atom is -0.494 e. The first kappa shape index (κ1) is 18.2. The Morgan fingerprint density at radius 2 is 2.00 bits per heavy atom. The summed E-state index contributed by atoms with van der Waals surface area (Å²) in [6.45, 7) is 2.57. The molecule has 142 valence electrons. The summed E-state index contributed by atoms with van der Waals surface area (Å²) in [6.07, 6.45) is 2.04. The predicted octanol–water partition coefficient (Wildman–Crippen LogP) is 4.78. The Morgan fingerprint density at radius 3 is 2.75 bits per heavy atom. The van der Waals surface area contributed by atoms with Gasteiger partial charge in [0.25, 0.3) is 0 Å². The highest BCUT2D eigenvalue weighted by atomic mass is 32.1. The lowest BCUT2D eigenvalue weighted by Gasteiger charge is -2.05. The van der Waals surface area contributed by atoms with Crippen LogP contribution in [-0.4, -0.2) is 21.9 Å². The van der Waals surface area contributed by atoms with Crippen molar-refractivity contribution in [2.24, 2.45) is 0 Å². The van der Waals surface area contributed by atoms with E-state index in [4.69, 9.17) is 4.74 Å². The summed E-state index contributed by atoms with van der Waals surface area (Å²) in [7, 11) is 0. The van der Waals surface area contributed by atoms with E-state index in [9.17, 15) is 9.18 Å². The number of ether oxygens (including phenoxy) is 1. The minimum absolute atomic E-state index is 0.132. The summed E-state index contributed by atoms with van der Waals surface area (Å²) in [6, 6.07) is 13.9. The van der Waals surface area contributed by atoms with Gasteiger partial charge in [-0.15, -0.1) is 11.3 Å². The highest BCUT2D eigenvalue weighted by molar-refractivity contribution is 7.15. The molecule has 28 heavy (non-hydrogen) atoms. The maximum Gasteiger partial charge on any atom is 0.230 e. The SMILES string of the molecule is CCOc1ccc(-c2cn3c(CC(=O)Nc4ccccc4F)csc3n2)cc1. The number of nitrogens with zero attached hydrogens (tertiary/aromatic N) is 2. The van der Waals surface area contributed by atoms with Crippen LogP contribution in [0.1, 0.15) is 12.6 Å². The van der Waals surface area contributed by atoms with Crippen molar-refractivity contribution in [3.63, 3.8) is 0 Å². The number of carbonyl (C=O) groups is 1. The third kappa shape index (κ3) is 3.75. The summed E-state index contributed by atoms with van der Waals surface area (Å²) in [4.78, 5) is 17.8. The molecule has 0 saturated carbocycles. The molecule has 4 aromatic rings. The van der Waals surface area contributed by atoms with Gasteiger partial charge in [0.15, 0.2) is 4.96 Å². The molecule has 0 aliphatic rings. The first-order valence-corrected chi connectivity index (χ1v) is 9.75. The first-order chi connectivity index (χ1) is 13.6. The summed E-state index contributed by atoms with van der Waals surface area (Å²) < 4.78 is 21.1. The minimum atomic E-state index is -0.452. The van der Waals surface area contributed by atoms with Crippen LogP contribution in [0.5, 0.6) is 5.75 Å². The molecule has 2 aromatic heterocycles. The normalized spacial score (nSPS) is 10.9. The Bertz CT molecular complexity index is 1120. The molecular weight excluding hydrogens is 377 g/mol. The van der Waals surface area contributed by atoms with Gasteiger partial charge in [-0.1, -0.05) is 12.1 Å². The van der Waals surface area contributed by atoms with Crippen molar-refractivity contribution in [2.45, 2.75) is 13.3 Å². The van der Waals surface area contributed by atoms with Crippen molar-refractivity contribution in [3.8, 4) is 17.0 Å². The molecule has 0 aliphatic heterocycles. The number of anilines is 1. The summed E-state index contributed by atoms with van der Waals surface area (Å²) >= 11 is 1.47. The smallest absolute Gasteiger partial charge is 0.230 e. The molecule has 0 aliphatic carbocycles. The number of aromatic nitrogens is 2. The fourth-order valence-corrected chi connectivity index (χ4v) is 3.78. The number of hydrogen-bond donors (Lipinski definition) is 1. The Hall–Kier alpha value is -3.19. The van der Waals surface area contributed by atoms with Gasteiger partial charge in [0.05, 0.1) is 24.4 Å². The Labute approximate surface area is 165 Å². The Balaban J connectivity index is 1.53. The third-order valence-electron chi connectivity index (χ3n) is 4.23. The molecule has 5 nitrogen and oxygen atoms in total. The molecule has 0 fully saturated rings. The molecule has 0 radical (unpaired) electrons. The van der Waals surface area contributed by atoms with Crippen LogP contribution in [-0.2, 0) is 11.2 Å². The molecule has 1 amide bonds.